The summed E-state index contributed by atoms with van der Waals surface area (Å²) in [6, 6.07) is 12.2. The lowest BCUT2D eigenvalue weighted by atomic mass is 9.99. The van der Waals surface area contributed by atoms with Crippen molar-refractivity contribution in [3.05, 3.63) is 59.9 Å². The number of pyridine rings is 1. The Hall–Kier alpha value is -1.85. The van der Waals surface area contributed by atoms with Crippen molar-refractivity contribution in [1.82, 2.24) is 15.6 Å². The molecule has 1 aromatic carbocycles. The molecule has 1 amide bonds. The molecule has 2 aromatic rings. The highest BCUT2D eigenvalue weighted by Crippen LogP contribution is 2.17. The number of rotatable bonds is 7. The highest BCUT2D eigenvalue weighted by Gasteiger charge is 2.15. The topological polar surface area (TPSA) is 54.0 Å². The number of nitrogens with zero attached hydrogens (tertiary/aromatic N) is 1. The van der Waals surface area contributed by atoms with Crippen LogP contribution in [-0.4, -0.2) is 36.3 Å². The van der Waals surface area contributed by atoms with E-state index in [1.54, 1.807) is 18.0 Å². The Kier molecular flexibility index (Phi) is 6.26. The lowest BCUT2D eigenvalue weighted by molar-refractivity contribution is 0.0955. The summed E-state index contributed by atoms with van der Waals surface area (Å²) in [7, 11) is 0. The van der Waals surface area contributed by atoms with Crippen molar-refractivity contribution in [3.63, 3.8) is 0 Å². The predicted molar refractivity (Wildman–Crippen MR) is 98.4 cm³/mol. The highest BCUT2D eigenvalue weighted by atomic mass is 32.2. The van der Waals surface area contributed by atoms with Gasteiger partial charge in [-0.15, -0.1) is 11.8 Å². The summed E-state index contributed by atoms with van der Waals surface area (Å²) in [5.74, 6) is 1.48. The van der Waals surface area contributed by atoms with Gasteiger partial charge in [0.05, 0.1) is 5.56 Å². The molecule has 126 valence electrons. The van der Waals surface area contributed by atoms with Crippen LogP contribution < -0.4 is 10.6 Å². The van der Waals surface area contributed by atoms with Crippen molar-refractivity contribution in [2.45, 2.75) is 17.7 Å². The van der Waals surface area contributed by atoms with Gasteiger partial charge in [0, 0.05) is 29.6 Å². The van der Waals surface area contributed by atoms with Gasteiger partial charge in [0.25, 0.3) is 5.91 Å². The molecule has 0 radical (unpaired) electrons. The van der Waals surface area contributed by atoms with E-state index in [-0.39, 0.29) is 5.91 Å². The number of carbonyl (C=O) groups excluding carboxylic acids is 1. The van der Waals surface area contributed by atoms with E-state index < -0.39 is 0 Å². The molecule has 3 rings (SSSR count). The summed E-state index contributed by atoms with van der Waals surface area (Å²) in [6.45, 7) is 2.81. The van der Waals surface area contributed by atoms with Crippen molar-refractivity contribution in [2.24, 2.45) is 5.92 Å². The zero-order chi connectivity index (χ0) is 16.6. The van der Waals surface area contributed by atoms with Gasteiger partial charge in [0.15, 0.2) is 0 Å². The minimum absolute atomic E-state index is 0.0393. The van der Waals surface area contributed by atoms with Gasteiger partial charge in [-0.3, -0.25) is 9.78 Å². The molecule has 1 aromatic heterocycles. The number of nitrogens with one attached hydrogen (secondary N) is 2. The Balaban J connectivity index is 1.46. The first-order valence-corrected chi connectivity index (χ1v) is 9.40. The molecule has 4 nitrogen and oxygen atoms in total. The van der Waals surface area contributed by atoms with Gasteiger partial charge < -0.3 is 10.6 Å². The number of aromatic nitrogens is 1. The quantitative estimate of drug-likeness (QED) is 0.601. The van der Waals surface area contributed by atoms with Crippen LogP contribution in [0.4, 0.5) is 0 Å². The fourth-order valence-corrected chi connectivity index (χ4v) is 3.69. The molecular weight excluding hydrogens is 318 g/mol. The summed E-state index contributed by atoms with van der Waals surface area (Å²) in [4.78, 5) is 17.7. The lowest BCUT2D eigenvalue weighted by Crippen LogP contribution is -2.26. The van der Waals surface area contributed by atoms with E-state index in [1.165, 1.54) is 11.3 Å². The van der Waals surface area contributed by atoms with Crippen LogP contribution >= 0.6 is 11.8 Å². The van der Waals surface area contributed by atoms with Crippen molar-refractivity contribution < 1.29 is 4.79 Å². The molecule has 1 aliphatic rings. The second-order valence-corrected chi connectivity index (χ2v) is 7.23. The van der Waals surface area contributed by atoms with Crippen LogP contribution in [0.2, 0.25) is 0 Å². The number of hydrogen-bond donors (Lipinski definition) is 2. The Bertz CT molecular complexity index is 657. The van der Waals surface area contributed by atoms with Gasteiger partial charge in [0.1, 0.15) is 0 Å². The summed E-state index contributed by atoms with van der Waals surface area (Å²) in [6.07, 6.45) is 5.72. The second kappa shape index (κ2) is 8.85. The summed E-state index contributed by atoms with van der Waals surface area (Å²) in [5, 5.41) is 6.35. The molecule has 0 bridgehead atoms. The van der Waals surface area contributed by atoms with Crippen LogP contribution in [0, 0.1) is 5.92 Å². The molecule has 1 aliphatic heterocycles. The van der Waals surface area contributed by atoms with Gasteiger partial charge in [0.2, 0.25) is 0 Å². The minimum atomic E-state index is -0.0393. The first-order chi connectivity index (χ1) is 11.8. The smallest absolute Gasteiger partial charge is 0.252 e. The van der Waals surface area contributed by atoms with Crippen molar-refractivity contribution in [3.8, 4) is 0 Å². The minimum Gasteiger partial charge on any atom is -0.351 e. The SMILES string of the molecule is O=C(NCCSc1ccccc1)c1cncc(CC2CCNC2)c1. The van der Waals surface area contributed by atoms with Crippen LogP contribution in [-0.2, 0) is 6.42 Å². The Labute approximate surface area is 147 Å². The van der Waals surface area contributed by atoms with Crippen LogP contribution in [0.1, 0.15) is 22.3 Å². The van der Waals surface area contributed by atoms with Crippen LogP contribution in [0.15, 0.2) is 53.7 Å². The fourth-order valence-electron chi connectivity index (χ4n) is 2.90. The van der Waals surface area contributed by atoms with Crippen LogP contribution in [0.3, 0.4) is 0 Å². The first-order valence-electron chi connectivity index (χ1n) is 8.42. The maximum absolute atomic E-state index is 12.3. The third kappa shape index (κ3) is 5.08. The zero-order valence-corrected chi connectivity index (χ0v) is 14.5. The van der Waals surface area contributed by atoms with E-state index in [9.17, 15) is 4.79 Å². The number of benzene rings is 1. The molecule has 1 atom stereocenters. The molecule has 0 aliphatic carbocycles. The maximum Gasteiger partial charge on any atom is 0.252 e. The molecule has 5 heteroatoms. The van der Waals surface area contributed by atoms with Crippen LogP contribution in [0.25, 0.3) is 0 Å². The Morgan fingerprint density at radius 2 is 2.17 bits per heavy atom. The van der Waals surface area contributed by atoms with E-state index in [0.29, 0.717) is 18.0 Å². The van der Waals surface area contributed by atoms with Crippen molar-refractivity contribution >= 4 is 17.7 Å². The molecule has 2 N–H and O–H groups in total. The highest BCUT2D eigenvalue weighted by molar-refractivity contribution is 7.99. The number of thioether (sulfide) groups is 1. The number of hydrogen-bond acceptors (Lipinski definition) is 4. The average molecular weight is 341 g/mol. The molecule has 1 saturated heterocycles. The standard InChI is InChI=1S/C19H23N3OS/c23-19(22-8-9-24-18-4-2-1-3-5-18)17-11-16(13-21-14-17)10-15-6-7-20-12-15/h1-5,11,13-15,20H,6-10,12H2,(H,22,23). The Morgan fingerprint density at radius 3 is 2.96 bits per heavy atom. The maximum atomic E-state index is 12.3. The van der Waals surface area contributed by atoms with Gasteiger partial charge in [-0.2, -0.15) is 0 Å². The number of amides is 1. The number of carbonyl (C=O) groups is 1. The van der Waals surface area contributed by atoms with Crippen LogP contribution in [0.5, 0.6) is 0 Å². The monoisotopic (exact) mass is 341 g/mol. The molecular formula is C19H23N3OS. The van der Waals surface area contributed by atoms with E-state index in [4.69, 9.17) is 0 Å². The fraction of sp³-hybridized carbons (Fsp3) is 0.368. The van der Waals surface area contributed by atoms with Crippen molar-refractivity contribution in [2.75, 3.05) is 25.4 Å². The summed E-state index contributed by atoms with van der Waals surface area (Å²) < 4.78 is 0. The largest absolute Gasteiger partial charge is 0.351 e. The zero-order valence-electron chi connectivity index (χ0n) is 13.7. The molecule has 2 heterocycles. The second-order valence-electron chi connectivity index (χ2n) is 6.06. The van der Waals surface area contributed by atoms with Gasteiger partial charge in [-0.25, -0.2) is 0 Å². The molecule has 1 unspecified atom stereocenters. The lowest BCUT2D eigenvalue weighted by Gasteiger charge is -2.09. The van der Waals surface area contributed by atoms with E-state index >= 15 is 0 Å². The van der Waals surface area contributed by atoms with E-state index in [2.05, 4.69) is 27.8 Å². The third-order valence-corrected chi connectivity index (χ3v) is 5.16. The normalized spacial score (nSPS) is 16.9. The average Bonchev–Trinajstić information content (AvgIpc) is 3.13. The molecule has 0 spiro atoms. The summed E-state index contributed by atoms with van der Waals surface area (Å²) in [5.41, 5.74) is 1.80. The predicted octanol–water partition coefficient (Wildman–Crippen LogP) is 2.76. The molecule has 0 saturated carbocycles. The van der Waals surface area contributed by atoms with Crippen molar-refractivity contribution in [1.29, 1.82) is 0 Å². The Morgan fingerprint density at radius 1 is 1.29 bits per heavy atom. The van der Waals surface area contributed by atoms with E-state index in [1.807, 2.05) is 30.5 Å². The molecule has 1 fully saturated rings. The van der Waals surface area contributed by atoms with Gasteiger partial charge in [-0.05, 0) is 55.6 Å². The first kappa shape index (κ1) is 17.0. The van der Waals surface area contributed by atoms with E-state index in [0.717, 1.165) is 30.8 Å². The molecule has 24 heavy (non-hydrogen) atoms. The van der Waals surface area contributed by atoms with Gasteiger partial charge >= 0.3 is 0 Å². The summed E-state index contributed by atoms with van der Waals surface area (Å²) >= 11 is 1.74. The third-order valence-electron chi connectivity index (χ3n) is 4.14. The van der Waals surface area contributed by atoms with Gasteiger partial charge in [-0.1, -0.05) is 18.2 Å².